The fraction of sp³-hybridized carbons (Fsp3) is 0.542. The number of benzene rings is 1. The molecule has 0 unspecified atom stereocenters. The molecular weight excluding hydrogens is 490 g/mol. The van der Waals surface area contributed by atoms with Gasteiger partial charge in [0, 0.05) is 23.9 Å². The average Bonchev–Trinajstić information content (AvgIpc) is 3.41. The van der Waals surface area contributed by atoms with E-state index in [4.69, 9.17) is 5.73 Å². The van der Waals surface area contributed by atoms with Crippen LogP contribution in [0.15, 0.2) is 18.5 Å². The van der Waals surface area contributed by atoms with E-state index in [9.17, 15) is 8.78 Å². The zero-order valence-corrected chi connectivity index (χ0v) is 20.4. The molecule has 0 spiro atoms. The minimum Gasteiger partial charge on any atom is -0.381 e. The highest BCUT2D eigenvalue weighted by Gasteiger charge is 2.53. The number of anilines is 3. The van der Waals surface area contributed by atoms with Crippen LogP contribution < -0.4 is 11.1 Å². The third kappa shape index (κ3) is 4.38. The van der Waals surface area contributed by atoms with Gasteiger partial charge in [-0.2, -0.15) is 4.98 Å². The summed E-state index contributed by atoms with van der Waals surface area (Å²) in [6.45, 7) is 3.46. The minimum absolute atomic E-state index is 0.0497. The van der Waals surface area contributed by atoms with Crippen molar-refractivity contribution in [3.63, 3.8) is 0 Å². The Morgan fingerprint density at radius 2 is 1.86 bits per heavy atom. The van der Waals surface area contributed by atoms with E-state index in [1.165, 1.54) is 17.1 Å². The molecule has 3 aromatic rings. The van der Waals surface area contributed by atoms with Crippen molar-refractivity contribution in [2.45, 2.75) is 75.3 Å². The molecule has 0 bridgehead atoms. The van der Waals surface area contributed by atoms with E-state index >= 15 is 8.78 Å². The lowest BCUT2D eigenvalue weighted by atomic mass is 9.78. The van der Waals surface area contributed by atoms with Crippen LogP contribution in [0.4, 0.5) is 35.0 Å². The SMILES string of the molecule is CC1(C)C[C@@H](c2nc(Nc3cc(-n4cnnn4)c(C4CC4)cc3F)nc(N)c2F)C[C@@H]2CC(F)(F)CN21. The lowest BCUT2D eigenvalue weighted by Gasteiger charge is -2.47. The number of piperidine rings is 1. The maximum Gasteiger partial charge on any atom is 0.262 e. The van der Waals surface area contributed by atoms with Crippen LogP contribution >= 0.6 is 0 Å². The molecule has 2 atom stereocenters. The number of nitrogens with two attached hydrogens (primary N) is 1. The molecule has 4 heterocycles. The topological polar surface area (TPSA) is 111 Å². The quantitative estimate of drug-likeness (QED) is 0.482. The van der Waals surface area contributed by atoms with Crippen molar-refractivity contribution in [2.24, 2.45) is 0 Å². The molecule has 2 aliphatic heterocycles. The van der Waals surface area contributed by atoms with Gasteiger partial charge < -0.3 is 11.1 Å². The lowest BCUT2D eigenvalue weighted by Crippen LogP contribution is -2.52. The highest BCUT2D eigenvalue weighted by Crippen LogP contribution is 2.49. The first-order chi connectivity index (χ1) is 17.5. The highest BCUT2D eigenvalue weighted by molar-refractivity contribution is 5.62. The number of nitrogens with one attached hydrogen (secondary N) is 1. The summed E-state index contributed by atoms with van der Waals surface area (Å²) in [6.07, 6.45) is 3.78. The Morgan fingerprint density at radius 1 is 1.08 bits per heavy atom. The van der Waals surface area contributed by atoms with Gasteiger partial charge in [-0.3, -0.25) is 4.90 Å². The van der Waals surface area contributed by atoms with Crippen LogP contribution in [0.3, 0.4) is 0 Å². The van der Waals surface area contributed by atoms with E-state index in [-0.39, 0.29) is 42.0 Å². The molecule has 1 aliphatic carbocycles. The molecule has 3 fully saturated rings. The molecule has 196 valence electrons. The van der Waals surface area contributed by atoms with Crippen LogP contribution in [0, 0.1) is 11.6 Å². The third-order valence-electron chi connectivity index (χ3n) is 7.72. The molecule has 9 nitrogen and oxygen atoms in total. The Labute approximate surface area is 210 Å². The van der Waals surface area contributed by atoms with Gasteiger partial charge in [0.05, 0.1) is 23.6 Å². The van der Waals surface area contributed by atoms with E-state index in [2.05, 4.69) is 30.8 Å². The van der Waals surface area contributed by atoms with Gasteiger partial charge in [0.1, 0.15) is 12.1 Å². The second-order valence-electron chi connectivity index (χ2n) is 11.0. The average molecular weight is 518 g/mol. The number of nitrogen functional groups attached to an aromatic ring is 1. The normalized spacial score (nSPS) is 24.7. The van der Waals surface area contributed by atoms with Crippen molar-refractivity contribution in [3.8, 4) is 5.69 Å². The molecule has 3 N–H and O–H groups in total. The van der Waals surface area contributed by atoms with Gasteiger partial charge in [-0.1, -0.05) is 0 Å². The number of fused-ring (bicyclic) bond motifs is 1. The number of alkyl halides is 2. The second-order valence-corrected chi connectivity index (χ2v) is 11.0. The van der Waals surface area contributed by atoms with Gasteiger partial charge >= 0.3 is 0 Å². The largest absolute Gasteiger partial charge is 0.381 e. The van der Waals surface area contributed by atoms with E-state index in [1.54, 1.807) is 6.07 Å². The van der Waals surface area contributed by atoms with Crippen LogP contribution in [0.1, 0.15) is 69.0 Å². The number of nitrogens with zero attached hydrogens (tertiary/aromatic N) is 7. The Hall–Kier alpha value is -3.35. The van der Waals surface area contributed by atoms with Crippen molar-refractivity contribution < 1.29 is 17.6 Å². The number of tetrazole rings is 1. The van der Waals surface area contributed by atoms with Gasteiger partial charge in [-0.25, -0.2) is 27.2 Å². The van der Waals surface area contributed by atoms with E-state index in [0.717, 1.165) is 18.4 Å². The first-order valence-corrected chi connectivity index (χ1v) is 12.3. The third-order valence-corrected chi connectivity index (χ3v) is 7.72. The molecule has 1 aromatic carbocycles. The molecule has 1 saturated carbocycles. The number of hydrogen-bond acceptors (Lipinski definition) is 8. The summed E-state index contributed by atoms with van der Waals surface area (Å²) in [5.74, 6) is -4.78. The Bertz CT molecular complexity index is 1340. The van der Waals surface area contributed by atoms with Crippen molar-refractivity contribution in [3.05, 3.63) is 41.4 Å². The molecule has 37 heavy (non-hydrogen) atoms. The first kappa shape index (κ1) is 24.0. The van der Waals surface area contributed by atoms with Crippen LogP contribution in [0.25, 0.3) is 5.69 Å². The van der Waals surface area contributed by atoms with E-state index < -0.39 is 35.1 Å². The summed E-state index contributed by atoms with van der Waals surface area (Å²) in [6, 6.07) is 2.59. The van der Waals surface area contributed by atoms with Gasteiger partial charge in [-0.05, 0) is 73.6 Å². The standard InChI is InChI=1S/C24H27F4N9/c1-23(2)8-13(5-14-9-24(27,28)10-36(14)23)20-19(26)21(29)33-22(32-20)31-17-7-18(37-11-30-34-35-37)15(6-16(17)25)12-3-4-12/h6-7,11-14H,3-5,8-10H2,1-2H3,(H3,29,31,32,33)/t13-,14+/m0/s1. The Kier molecular flexibility index (Phi) is 5.41. The maximum absolute atomic E-state index is 15.2. The Morgan fingerprint density at radius 3 is 2.57 bits per heavy atom. The zero-order valence-electron chi connectivity index (χ0n) is 20.4. The summed E-state index contributed by atoms with van der Waals surface area (Å²) in [5.41, 5.74) is 6.82. The lowest BCUT2D eigenvalue weighted by molar-refractivity contribution is -0.00821. The molecular formula is C24H27F4N9. The molecule has 0 radical (unpaired) electrons. The van der Waals surface area contributed by atoms with Gasteiger partial charge in [0.2, 0.25) is 5.95 Å². The second kappa shape index (κ2) is 8.33. The summed E-state index contributed by atoms with van der Waals surface area (Å²) in [4.78, 5) is 10.2. The molecule has 13 heteroatoms. The fourth-order valence-electron chi connectivity index (χ4n) is 5.95. The number of halogens is 4. The number of aromatic nitrogens is 6. The van der Waals surface area contributed by atoms with Gasteiger partial charge in [0.25, 0.3) is 5.92 Å². The van der Waals surface area contributed by atoms with E-state index in [1.807, 2.05) is 18.7 Å². The smallest absolute Gasteiger partial charge is 0.262 e. The summed E-state index contributed by atoms with van der Waals surface area (Å²) in [7, 11) is 0. The summed E-state index contributed by atoms with van der Waals surface area (Å²) >= 11 is 0. The van der Waals surface area contributed by atoms with Crippen molar-refractivity contribution in [2.75, 3.05) is 17.6 Å². The monoisotopic (exact) mass is 517 g/mol. The van der Waals surface area contributed by atoms with E-state index in [0.29, 0.717) is 18.5 Å². The summed E-state index contributed by atoms with van der Waals surface area (Å²) in [5, 5.41) is 14.1. The van der Waals surface area contributed by atoms with Crippen LogP contribution in [-0.4, -0.2) is 59.1 Å². The predicted molar refractivity (Wildman–Crippen MR) is 127 cm³/mol. The highest BCUT2D eigenvalue weighted by atomic mass is 19.3. The van der Waals surface area contributed by atoms with Crippen molar-refractivity contribution in [1.29, 1.82) is 0 Å². The van der Waals surface area contributed by atoms with Gasteiger partial charge in [-0.15, -0.1) is 5.10 Å². The van der Waals surface area contributed by atoms with Crippen molar-refractivity contribution >= 4 is 17.5 Å². The Balaban J connectivity index is 1.33. The molecule has 0 amide bonds. The molecule has 2 aromatic heterocycles. The molecule has 3 aliphatic rings. The first-order valence-electron chi connectivity index (χ1n) is 12.3. The fourth-order valence-corrected chi connectivity index (χ4v) is 5.95. The number of hydrogen-bond donors (Lipinski definition) is 2. The van der Waals surface area contributed by atoms with Crippen LogP contribution in [0.5, 0.6) is 0 Å². The van der Waals surface area contributed by atoms with Crippen molar-refractivity contribution in [1.82, 2.24) is 35.1 Å². The maximum atomic E-state index is 15.2. The van der Waals surface area contributed by atoms with Gasteiger partial charge in [0.15, 0.2) is 11.6 Å². The molecule has 2 saturated heterocycles. The minimum atomic E-state index is -2.78. The number of rotatable bonds is 5. The molecule has 6 rings (SSSR count). The predicted octanol–water partition coefficient (Wildman–Crippen LogP) is 4.30. The van der Waals surface area contributed by atoms with Crippen LogP contribution in [-0.2, 0) is 0 Å². The zero-order chi connectivity index (χ0) is 26.1. The summed E-state index contributed by atoms with van der Waals surface area (Å²) < 4.78 is 60.2. The van der Waals surface area contributed by atoms with Crippen LogP contribution in [0.2, 0.25) is 0 Å².